The number of ether oxygens (including phenoxy) is 1. The van der Waals surface area contributed by atoms with Crippen molar-refractivity contribution >= 4 is 6.72 Å². The van der Waals surface area contributed by atoms with E-state index in [-0.39, 0.29) is 11.5 Å². The van der Waals surface area contributed by atoms with Crippen LogP contribution in [-0.4, -0.2) is 26.5 Å². The third kappa shape index (κ3) is 3.47. The highest BCUT2D eigenvalue weighted by molar-refractivity contribution is 5.25. The summed E-state index contributed by atoms with van der Waals surface area (Å²) in [7, 11) is 1.73. The molecule has 0 aliphatic rings. The fourth-order valence-electron chi connectivity index (χ4n) is 1.76. The van der Waals surface area contributed by atoms with Gasteiger partial charge in [-0.2, -0.15) is 0 Å². The van der Waals surface area contributed by atoms with Crippen LogP contribution in [0.4, 0.5) is 0 Å². The first-order valence-electron chi connectivity index (χ1n) is 4.94. The lowest BCUT2D eigenvalue weighted by Gasteiger charge is -2.34. The second-order valence-electron chi connectivity index (χ2n) is 4.40. The summed E-state index contributed by atoms with van der Waals surface area (Å²) >= 11 is 0. The third-order valence-electron chi connectivity index (χ3n) is 2.88. The van der Waals surface area contributed by atoms with Crippen LogP contribution in [0.15, 0.2) is 4.99 Å². The quantitative estimate of drug-likeness (QED) is 0.583. The van der Waals surface area contributed by atoms with Crippen LogP contribution in [-0.2, 0) is 4.74 Å². The van der Waals surface area contributed by atoms with E-state index in [4.69, 9.17) is 4.74 Å². The molecule has 0 rings (SSSR count). The van der Waals surface area contributed by atoms with Gasteiger partial charge < -0.3 is 4.74 Å². The molecule has 0 aromatic carbocycles. The summed E-state index contributed by atoms with van der Waals surface area (Å²) in [5.74, 6) is 0.442. The summed E-state index contributed by atoms with van der Waals surface area (Å²) in [4.78, 5) is 4.22. The Bertz CT molecular complexity index is 154. The zero-order valence-electron chi connectivity index (χ0n) is 9.63. The standard InChI is InChI=1S/C11H23NO/c1-7-11(3,4)10(12-5)9(2)8-13-6/h9-10H,5,7-8H2,1-4,6H3/t9?,10-/m0/s1. The second-order valence-corrected chi connectivity index (χ2v) is 4.40. The van der Waals surface area contributed by atoms with Crippen LogP contribution in [0.1, 0.15) is 34.1 Å². The van der Waals surface area contributed by atoms with Gasteiger partial charge >= 0.3 is 0 Å². The highest BCUT2D eigenvalue weighted by atomic mass is 16.5. The fraction of sp³-hybridized carbons (Fsp3) is 0.909. The van der Waals surface area contributed by atoms with Crippen molar-refractivity contribution < 1.29 is 4.74 Å². The lowest BCUT2D eigenvalue weighted by molar-refractivity contribution is 0.111. The Morgan fingerprint density at radius 1 is 1.46 bits per heavy atom. The van der Waals surface area contributed by atoms with Gasteiger partial charge in [0.05, 0.1) is 12.6 Å². The summed E-state index contributed by atoms with van der Waals surface area (Å²) < 4.78 is 5.14. The maximum absolute atomic E-state index is 5.14. The summed E-state index contributed by atoms with van der Waals surface area (Å²) in [5.41, 5.74) is 0.222. The van der Waals surface area contributed by atoms with Crippen molar-refractivity contribution in [1.29, 1.82) is 0 Å². The van der Waals surface area contributed by atoms with Crippen LogP contribution >= 0.6 is 0 Å². The SMILES string of the molecule is C=N[C@@H](C(C)COC)C(C)(C)CC. The molecule has 0 aliphatic carbocycles. The zero-order chi connectivity index (χ0) is 10.5. The molecule has 0 aromatic heterocycles. The van der Waals surface area contributed by atoms with Crippen molar-refractivity contribution in [3.63, 3.8) is 0 Å². The van der Waals surface area contributed by atoms with Crippen molar-refractivity contribution in [2.75, 3.05) is 13.7 Å². The monoisotopic (exact) mass is 185 g/mol. The van der Waals surface area contributed by atoms with Crippen molar-refractivity contribution in [3.8, 4) is 0 Å². The van der Waals surface area contributed by atoms with Crippen LogP contribution in [0.25, 0.3) is 0 Å². The molecule has 0 saturated carbocycles. The van der Waals surface area contributed by atoms with E-state index >= 15 is 0 Å². The van der Waals surface area contributed by atoms with Crippen molar-refractivity contribution in [3.05, 3.63) is 0 Å². The van der Waals surface area contributed by atoms with E-state index in [9.17, 15) is 0 Å². The van der Waals surface area contributed by atoms with Gasteiger partial charge in [-0.1, -0.05) is 27.7 Å². The number of hydrogen-bond donors (Lipinski definition) is 0. The van der Waals surface area contributed by atoms with Gasteiger partial charge in [-0.3, -0.25) is 4.99 Å². The summed E-state index contributed by atoms with van der Waals surface area (Å²) in [5, 5.41) is 0. The predicted molar refractivity (Wildman–Crippen MR) is 58.4 cm³/mol. The number of rotatable bonds is 6. The molecule has 0 radical (unpaired) electrons. The first-order valence-corrected chi connectivity index (χ1v) is 4.94. The zero-order valence-corrected chi connectivity index (χ0v) is 9.63. The molecule has 0 heterocycles. The van der Waals surface area contributed by atoms with E-state index in [2.05, 4.69) is 39.4 Å². The van der Waals surface area contributed by atoms with Gasteiger partial charge in [0.15, 0.2) is 0 Å². The van der Waals surface area contributed by atoms with Crippen LogP contribution in [0.2, 0.25) is 0 Å². The summed E-state index contributed by atoms with van der Waals surface area (Å²) in [6, 6.07) is 0.289. The normalized spacial score (nSPS) is 16.7. The van der Waals surface area contributed by atoms with Crippen molar-refractivity contribution in [2.45, 2.75) is 40.2 Å². The molecular formula is C11H23NO. The Hall–Kier alpha value is -0.370. The molecule has 0 amide bonds. The van der Waals surface area contributed by atoms with E-state index < -0.39 is 0 Å². The highest BCUT2D eigenvalue weighted by Crippen LogP contribution is 2.31. The molecule has 0 spiro atoms. The summed E-state index contributed by atoms with van der Waals surface area (Å²) in [6.45, 7) is 13.3. The molecule has 0 N–H and O–H groups in total. The Morgan fingerprint density at radius 2 is 2.00 bits per heavy atom. The molecule has 0 fully saturated rings. The average Bonchev–Trinajstić information content (AvgIpc) is 2.05. The van der Waals surface area contributed by atoms with Crippen molar-refractivity contribution in [1.82, 2.24) is 0 Å². The predicted octanol–water partition coefficient (Wildman–Crippen LogP) is 2.77. The van der Waals surface area contributed by atoms with Crippen LogP contribution in [0, 0.1) is 11.3 Å². The van der Waals surface area contributed by atoms with Crippen LogP contribution < -0.4 is 0 Å². The molecule has 0 bridgehead atoms. The van der Waals surface area contributed by atoms with Crippen molar-refractivity contribution in [2.24, 2.45) is 16.3 Å². The third-order valence-corrected chi connectivity index (χ3v) is 2.88. The molecule has 2 heteroatoms. The van der Waals surface area contributed by atoms with E-state index in [0.717, 1.165) is 13.0 Å². The van der Waals surface area contributed by atoms with Gasteiger partial charge in [-0.25, -0.2) is 0 Å². The maximum atomic E-state index is 5.14. The topological polar surface area (TPSA) is 21.6 Å². The molecule has 0 aliphatic heterocycles. The summed E-state index contributed by atoms with van der Waals surface area (Å²) in [6.07, 6.45) is 1.12. The number of aliphatic imine (C=N–C) groups is 1. The number of hydrogen-bond acceptors (Lipinski definition) is 2. The molecule has 0 aromatic rings. The first kappa shape index (κ1) is 12.6. The van der Waals surface area contributed by atoms with Gasteiger partial charge in [0.25, 0.3) is 0 Å². The minimum absolute atomic E-state index is 0.222. The molecule has 78 valence electrons. The van der Waals surface area contributed by atoms with E-state index in [1.807, 2.05) is 0 Å². The molecule has 2 atom stereocenters. The van der Waals surface area contributed by atoms with Crippen LogP contribution in [0.3, 0.4) is 0 Å². The first-order chi connectivity index (χ1) is 5.99. The Labute approximate surface area is 82.4 Å². The lowest BCUT2D eigenvalue weighted by atomic mass is 9.76. The van der Waals surface area contributed by atoms with E-state index in [0.29, 0.717) is 5.92 Å². The molecule has 1 unspecified atom stereocenters. The Balaban J connectivity index is 4.39. The average molecular weight is 185 g/mol. The Morgan fingerprint density at radius 3 is 2.31 bits per heavy atom. The van der Waals surface area contributed by atoms with Crippen LogP contribution in [0.5, 0.6) is 0 Å². The lowest BCUT2D eigenvalue weighted by Crippen LogP contribution is -2.34. The highest BCUT2D eigenvalue weighted by Gasteiger charge is 2.30. The molecule has 0 saturated heterocycles. The minimum Gasteiger partial charge on any atom is -0.384 e. The Kier molecular flexibility index (Phi) is 5.23. The molecular weight excluding hydrogens is 162 g/mol. The largest absolute Gasteiger partial charge is 0.384 e. The number of methoxy groups -OCH3 is 1. The molecule has 2 nitrogen and oxygen atoms in total. The molecule has 13 heavy (non-hydrogen) atoms. The second kappa shape index (κ2) is 5.38. The van der Waals surface area contributed by atoms with Gasteiger partial charge in [0.2, 0.25) is 0 Å². The van der Waals surface area contributed by atoms with Gasteiger partial charge in [-0.05, 0) is 18.6 Å². The van der Waals surface area contributed by atoms with E-state index in [1.54, 1.807) is 7.11 Å². The minimum atomic E-state index is 0.222. The van der Waals surface area contributed by atoms with Gasteiger partial charge in [0, 0.05) is 13.0 Å². The fourth-order valence-corrected chi connectivity index (χ4v) is 1.76. The van der Waals surface area contributed by atoms with E-state index in [1.165, 1.54) is 0 Å². The van der Waals surface area contributed by atoms with Gasteiger partial charge in [-0.15, -0.1) is 0 Å². The van der Waals surface area contributed by atoms with Gasteiger partial charge in [0.1, 0.15) is 0 Å². The smallest absolute Gasteiger partial charge is 0.0590 e. The maximum Gasteiger partial charge on any atom is 0.0590 e. The number of nitrogens with zero attached hydrogens (tertiary/aromatic N) is 1.